The predicted octanol–water partition coefficient (Wildman–Crippen LogP) is 2.03. The van der Waals surface area contributed by atoms with Crippen molar-refractivity contribution >= 4 is 12.6 Å². The lowest BCUT2D eigenvalue weighted by Crippen LogP contribution is -2.16. The summed E-state index contributed by atoms with van der Waals surface area (Å²) in [5, 5.41) is 8.29. The molecule has 0 bridgehead atoms. The van der Waals surface area contributed by atoms with Gasteiger partial charge in [-0.1, -0.05) is 6.92 Å². The number of hydrogen-bond acceptors (Lipinski definition) is 3. The number of hydrogen-bond donors (Lipinski definition) is 1. The number of aryl methyl sites for hydroxylation is 1. The zero-order chi connectivity index (χ0) is 8.55. The van der Waals surface area contributed by atoms with Crippen molar-refractivity contribution in [2.24, 2.45) is 5.92 Å². The average molecular weight is 180 g/mol. The maximum atomic E-state index is 4.53. The summed E-state index contributed by atoms with van der Waals surface area (Å²) < 4.78 is 0. The highest BCUT2D eigenvalue weighted by molar-refractivity contribution is 7.80. The first-order chi connectivity index (χ1) is 5.79. The molecule has 64 valence electrons. The van der Waals surface area contributed by atoms with Crippen molar-refractivity contribution in [3.63, 3.8) is 0 Å². The van der Waals surface area contributed by atoms with Gasteiger partial charge in [0.25, 0.3) is 0 Å². The minimum atomic E-state index is 0.280. The Bertz CT molecular complexity index is 288. The van der Waals surface area contributed by atoms with Crippen LogP contribution >= 0.6 is 12.6 Å². The molecule has 0 N–H and O–H groups in total. The average Bonchev–Trinajstić information content (AvgIpc) is 2.12. The number of nitrogens with zero attached hydrogens (tertiary/aromatic N) is 2. The Kier molecular flexibility index (Phi) is 2.05. The molecular weight excluding hydrogens is 168 g/mol. The van der Waals surface area contributed by atoms with Crippen LogP contribution in [0.25, 0.3) is 0 Å². The van der Waals surface area contributed by atoms with Crippen molar-refractivity contribution in [3.05, 3.63) is 23.5 Å². The zero-order valence-corrected chi connectivity index (χ0v) is 7.96. The van der Waals surface area contributed by atoms with Crippen molar-refractivity contribution in [3.8, 4) is 0 Å². The van der Waals surface area contributed by atoms with Gasteiger partial charge in [-0.15, -0.1) is 0 Å². The lowest BCUT2D eigenvalue weighted by Gasteiger charge is -2.25. The molecule has 0 spiro atoms. The van der Waals surface area contributed by atoms with Gasteiger partial charge >= 0.3 is 0 Å². The van der Waals surface area contributed by atoms with E-state index >= 15 is 0 Å². The van der Waals surface area contributed by atoms with Crippen molar-refractivity contribution in [2.75, 3.05) is 0 Å². The third kappa shape index (κ3) is 1.22. The molecule has 3 heteroatoms. The molecule has 0 fully saturated rings. The third-order valence-corrected chi connectivity index (χ3v) is 3.28. The van der Waals surface area contributed by atoms with E-state index < -0.39 is 0 Å². The fourth-order valence-electron chi connectivity index (χ4n) is 1.64. The lowest BCUT2D eigenvalue weighted by atomic mass is 9.88. The standard InChI is InChI=1S/C9H12N2S/c1-6-2-3-7-4-5-10-11-8(7)9(6)12/h4-6,9,12H,2-3H2,1H3. The van der Waals surface area contributed by atoms with Crippen LogP contribution in [0.4, 0.5) is 0 Å². The van der Waals surface area contributed by atoms with E-state index in [0.717, 1.165) is 12.1 Å². The minimum absolute atomic E-state index is 0.280. The lowest BCUT2D eigenvalue weighted by molar-refractivity contribution is 0.480. The van der Waals surface area contributed by atoms with E-state index in [4.69, 9.17) is 0 Å². The summed E-state index contributed by atoms with van der Waals surface area (Å²) in [6, 6.07) is 2.05. The fraction of sp³-hybridized carbons (Fsp3) is 0.556. The SMILES string of the molecule is CC1CCc2ccnnc2C1S. The van der Waals surface area contributed by atoms with Crippen LogP contribution in [0.15, 0.2) is 12.3 Å². The van der Waals surface area contributed by atoms with E-state index in [2.05, 4.69) is 35.8 Å². The first-order valence-electron chi connectivity index (χ1n) is 4.27. The maximum Gasteiger partial charge on any atom is 0.0792 e. The predicted molar refractivity (Wildman–Crippen MR) is 51.2 cm³/mol. The molecule has 1 aromatic heterocycles. The van der Waals surface area contributed by atoms with E-state index in [1.165, 1.54) is 12.0 Å². The second-order valence-electron chi connectivity index (χ2n) is 3.40. The highest BCUT2D eigenvalue weighted by Crippen LogP contribution is 2.36. The largest absolute Gasteiger partial charge is 0.169 e. The summed E-state index contributed by atoms with van der Waals surface area (Å²) >= 11 is 4.53. The Morgan fingerprint density at radius 2 is 2.42 bits per heavy atom. The second kappa shape index (κ2) is 3.05. The molecule has 2 atom stereocenters. The van der Waals surface area contributed by atoms with Crippen LogP contribution < -0.4 is 0 Å². The van der Waals surface area contributed by atoms with Crippen molar-refractivity contribution in [1.29, 1.82) is 0 Å². The molecule has 1 heterocycles. The molecule has 2 unspecified atom stereocenters. The van der Waals surface area contributed by atoms with Gasteiger partial charge in [0, 0.05) is 11.4 Å². The summed E-state index contributed by atoms with van der Waals surface area (Å²) in [4.78, 5) is 0. The summed E-state index contributed by atoms with van der Waals surface area (Å²) in [5.74, 6) is 0.623. The Hall–Kier alpha value is -0.570. The van der Waals surface area contributed by atoms with Crippen LogP contribution in [0.2, 0.25) is 0 Å². The van der Waals surface area contributed by atoms with Crippen molar-refractivity contribution in [2.45, 2.75) is 25.0 Å². The van der Waals surface area contributed by atoms with Gasteiger partial charge in [0.1, 0.15) is 0 Å². The first kappa shape index (κ1) is 8.05. The van der Waals surface area contributed by atoms with E-state index in [1.54, 1.807) is 6.20 Å². The number of thiol groups is 1. The second-order valence-corrected chi connectivity index (χ2v) is 3.96. The molecular formula is C9H12N2S. The first-order valence-corrected chi connectivity index (χ1v) is 4.79. The smallest absolute Gasteiger partial charge is 0.0792 e. The molecule has 1 aromatic rings. The molecule has 2 nitrogen and oxygen atoms in total. The topological polar surface area (TPSA) is 25.8 Å². The summed E-state index contributed by atoms with van der Waals surface area (Å²) in [7, 11) is 0. The molecule has 0 saturated carbocycles. The van der Waals surface area contributed by atoms with Crippen molar-refractivity contribution in [1.82, 2.24) is 10.2 Å². The van der Waals surface area contributed by atoms with Crippen LogP contribution in [0.1, 0.15) is 29.9 Å². The van der Waals surface area contributed by atoms with Gasteiger partial charge in [0.2, 0.25) is 0 Å². The van der Waals surface area contributed by atoms with Crippen LogP contribution in [-0.4, -0.2) is 10.2 Å². The van der Waals surface area contributed by atoms with Gasteiger partial charge in [0.15, 0.2) is 0 Å². The van der Waals surface area contributed by atoms with E-state index in [-0.39, 0.29) is 5.25 Å². The molecule has 1 aliphatic carbocycles. The Balaban J connectivity index is 2.42. The molecule has 0 aromatic carbocycles. The molecule has 0 radical (unpaired) electrons. The molecule has 0 amide bonds. The van der Waals surface area contributed by atoms with Gasteiger partial charge in [0.05, 0.1) is 5.69 Å². The van der Waals surface area contributed by atoms with Gasteiger partial charge < -0.3 is 0 Å². The van der Waals surface area contributed by atoms with Gasteiger partial charge in [-0.05, 0) is 30.4 Å². The molecule has 0 aliphatic heterocycles. The summed E-state index contributed by atoms with van der Waals surface area (Å²) in [5.41, 5.74) is 2.41. The van der Waals surface area contributed by atoms with E-state index in [0.29, 0.717) is 5.92 Å². The molecule has 0 saturated heterocycles. The van der Waals surface area contributed by atoms with Gasteiger partial charge in [-0.3, -0.25) is 0 Å². The van der Waals surface area contributed by atoms with Crippen LogP contribution in [0.5, 0.6) is 0 Å². The van der Waals surface area contributed by atoms with Crippen molar-refractivity contribution < 1.29 is 0 Å². The monoisotopic (exact) mass is 180 g/mol. The summed E-state index contributed by atoms with van der Waals surface area (Å²) in [6.45, 7) is 2.22. The molecule has 12 heavy (non-hydrogen) atoms. The van der Waals surface area contributed by atoms with Crippen LogP contribution in [0, 0.1) is 5.92 Å². The highest BCUT2D eigenvalue weighted by Gasteiger charge is 2.24. The fourth-order valence-corrected chi connectivity index (χ4v) is 2.01. The van der Waals surface area contributed by atoms with Gasteiger partial charge in [-0.25, -0.2) is 0 Å². The molecule has 2 rings (SSSR count). The Morgan fingerprint density at radius 3 is 3.25 bits per heavy atom. The highest BCUT2D eigenvalue weighted by atomic mass is 32.1. The maximum absolute atomic E-state index is 4.53. The number of fused-ring (bicyclic) bond motifs is 1. The Morgan fingerprint density at radius 1 is 1.58 bits per heavy atom. The Labute approximate surface area is 77.8 Å². The summed E-state index contributed by atoms with van der Waals surface area (Å²) in [6.07, 6.45) is 4.10. The number of aromatic nitrogens is 2. The number of rotatable bonds is 0. The van der Waals surface area contributed by atoms with Gasteiger partial charge in [-0.2, -0.15) is 22.8 Å². The quantitative estimate of drug-likeness (QED) is 0.618. The zero-order valence-electron chi connectivity index (χ0n) is 7.07. The van der Waals surface area contributed by atoms with Crippen LogP contribution in [-0.2, 0) is 6.42 Å². The van der Waals surface area contributed by atoms with E-state index in [9.17, 15) is 0 Å². The molecule has 1 aliphatic rings. The normalized spacial score (nSPS) is 28.2. The van der Waals surface area contributed by atoms with E-state index in [1.807, 2.05) is 0 Å². The third-order valence-electron chi connectivity index (χ3n) is 2.53. The minimum Gasteiger partial charge on any atom is -0.169 e. The van der Waals surface area contributed by atoms with Crippen LogP contribution in [0.3, 0.4) is 0 Å².